The highest BCUT2D eigenvalue weighted by atomic mass is 14.4. The molecule has 0 aromatic rings. The predicted molar refractivity (Wildman–Crippen MR) is 267 cm³/mol. The molecule has 0 N–H and O–H groups in total. The van der Waals surface area contributed by atoms with Crippen LogP contribution < -0.4 is 0 Å². The van der Waals surface area contributed by atoms with Crippen LogP contribution in [0.4, 0.5) is 0 Å². The normalized spacial score (nSPS) is 14.6. The molecule has 0 saturated heterocycles. The summed E-state index contributed by atoms with van der Waals surface area (Å²) in [5, 5.41) is 0. The minimum atomic E-state index is 0.747. The molecule has 342 valence electrons. The second kappa shape index (κ2) is 46.5. The number of unbranched alkanes of at least 4 members (excludes halogenated alkanes) is 24. The van der Waals surface area contributed by atoms with Crippen LogP contribution in [-0.4, -0.2) is 0 Å². The highest BCUT2D eigenvalue weighted by Crippen LogP contribution is 2.45. The molecule has 0 heterocycles. The monoisotopic (exact) mass is 799 g/mol. The van der Waals surface area contributed by atoms with Gasteiger partial charge in [0.25, 0.3) is 0 Å². The van der Waals surface area contributed by atoms with E-state index in [4.69, 9.17) is 0 Å². The first kappa shape index (κ1) is 58.6. The van der Waals surface area contributed by atoms with E-state index in [2.05, 4.69) is 54.7 Å². The summed E-state index contributed by atoms with van der Waals surface area (Å²) < 4.78 is 0. The number of allylic oxidation sites excluding steroid dienone is 2. The van der Waals surface area contributed by atoms with E-state index in [9.17, 15) is 0 Å². The van der Waals surface area contributed by atoms with Crippen LogP contribution in [0.5, 0.6) is 0 Å². The SMILES string of the molecule is C=C(C)CC(C)CCCCC.C=C(CCCC)CC(CCCCCCCCCCC)CCCCCCCCCCCC1(CCCCCCCC)CCCCC1.CC. The fourth-order valence-corrected chi connectivity index (χ4v) is 9.85. The van der Waals surface area contributed by atoms with Gasteiger partial charge >= 0.3 is 0 Å². The molecular formula is C57H114. The lowest BCUT2D eigenvalue weighted by Gasteiger charge is -2.38. The largest absolute Gasteiger partial charge is 0.100 e. The Bertz CT molecular complexity index is 782. The third-order valence-corrected chi connectivity index (χ3v) is 13.5. The second-order valence-electron chi connectivity index (χ2n) is 19.6. The van der Waals surface area contributed by atoms with Gasteiger partial charge in [0.2, 0.25) is 0 Å². The zero-order valence-electron chi connectivity index (χ0n) is 41.8. The van der Waals surface area contributed by atoms with E-state index < -0.39 is 0 Å². The van der Waals surface area contributed by atoms with Gasteiger partial charge in [0.05, 0.1) is 0 Å². The van der Waals surface area contributed by atoms with E-state index in [1.54, 1.807) is 31.3 Å². The molecule has 2 unspecified atom stereocenters. The predicted octanol–water partition coefficient (Wildman–Crippen LogP) is 21.8. The van der Waals surface area contributed by atoms with Crippen molar-refractivity contribution in [1.29, 1.82) is 0 Å². The molecule has 0 heteroatoms. The van der Waals surface area contributed by atoms with Crippen molar-refractivity contribution in [2.75, 3.05) is 0 Å². The average Bonchev–Trinajstić information content (AvgIpc) is 3.21. The lowest BCUT2D eigenvalue weighted by molar-refractivity contribution is 0.146. The summed E-state index contributed by atoms with van der Waals surface area (Å²) in [4.78, 5) is 0. The second-order valence-corrected chi connectivity index (χ2v) is 19.6. The van der Waals surface area contributed by atoms with Crippen molar-refractivity contribution in [3.63, 3.8) is 0 Å². The summed E-state index contributed by atoms with van der Waals surface area (Å²) in [6, 6.07) is 0. The first-order valence-corrected chi connectivity index (χ1v) is 27.1. The Balaban J connectivity index is 0. The molecule has 0 aromatic carbocycles. The van der Waals surface area contributed by atoms with Gasteiger partial charge in [-0.15, -0.1) is 6.58 Å². The van der Waals surface area contributed by atoms with Gasteiger partial charge in [-0.05, 0) is 75.5 Å². The van der Waals surface area contributed by atoms with E-state index in [1.807, 2.05) is 13.8 Å². The molecule has 0 aliphatic heterocycles. The van der Waals surface area contributed by atoms with Crippen LogP contribution in [0.3, 0.4) is 0 Å². The highest BCUT2D eigenvalue weighted by molar-refractivity contribution is 4.95. The van der Waals surface area contributed by atoms with Gasteiger partial charge in [-0.25, -0.2) is 0 Å². The van der Waals surface area contributed by atoms with Crippen molar-refractivity contribution in [2.24, 2.45) is 17.3 Å². The Labute approximate surface area is 365 Å². The highest BCUT2D eigenvalue weighted by Gasteiger charge is 2.30. The maximum atomic E-state index is 4.48. The summed E-state index contributed by atoms with van der Waals surface area (Å²) in [6.07, 6.45) is 60.8. The number of rotatable bonds is 40. The minimum Gasteiger partial charge on any atom is -0.100 e. The van der Waals surface area contributed by atoms with Crippen LogP contribution in [0.25, 0.3) is 0 Å². The fourth-order valence-electron chi connectivity index (χ4n) is 9.85. The molecule has 0 bridgehead atoms. The molecule has 0 amide bonds. The van der Waals surface area contributed by atoms with Crippen LogP contribution in [0, 0.1) is 17.3 Å². The summed E-state index contributed by atoms with van der Waals surface area (Å²) in [5.74, 6) is 1.76. The number of hydrogen-bond donors (Lipinski definition) is 0. The van der Waals surface area contributed by atoms with Gasteiger partial charge in [0.15, 0.2) is 0 Å². The van der Waals surface area contributed by atoms with E-state index in [0.29, 0.717) is 0 Å². The lowest BCUT2D eigenvalue weighted by Crippen LogP contribution is -2.24. The molecule has 1 fully saturated rings. The van der Waals surface area contributed by atoms with Crippen LogP contribution >= 0.6 is 0 Å². The van der Waals surface area contributed by atoms with Gasteiger partial charge in [-0.3, -0.25) is 0 Å². The first-order chi connectivity index (χ1) is 27.8. The molecule has 1 aliphatic carbocycles. The molecule has 0 radical (unpaired) electrons. The Morgan fingerprint density at radius 2 is 0.789 bits per heavy atom. The van der Waals surface area contributed by atoms with Crippen LogP contribution in [0.2, 0.25) is 0 Å². The van der Waals surface area contributed by atoms with Gasteiger partial charge in [-0.2, -0.15) is 0 Å². The van der Waals surface area contributed by atoms with Crippen molar-refractivity contribution < 1.29 is 0 Å². The molecule has 1 saturated carbocycles. The minimum absolute atomic E-state index is 0.747. The van der Waals surface area contributed by atoms with E-state index in [0.717, 1.165) is 17.3 Å². The van der Waals surface area contributed by atoms with Crippen molar-refractivity contribution in [2.45, 2.75) is 325 Å². The van der Waals surface area contributed by atoms with E-state index in [-0.39, 0.29) is 0 Å². The average molecular weight is 800 g/mol. The molecule has 1 aliphatic rings. The Kier molecular flexibility index (Phi) is 47.8. The quantitative estimate of drug-likeness (QED) is 0.0428. The molecule has 2 atom stereocenters. The lowest BCUT2D eigenvalue weighted by atomic mass is 9.68. The molecule has 0 nitrogen and oxygen atoms in total. The van der Waals surface area contributed by atoms with Crippen molar-refractivity contribution in [1.82, 2.24) is 0 Å². The number of hydrogen-bond acceptors (Lipinski definition) is 0. The van der Waals surface area contributed by atoms with Gasteiger partial charge in [-0.1, -0.05) is 284 Å². The van der Waals surface area contributed by atoms with Gasteiger partial charge in [0.1, 0.15) is 0 Å². The van der Waals surface area contributed by atoms with Crippen molar-refractivity contribution >= 4 is 0 Å². The Morgan fingerprint density at radius 1 is 0.439 bits per heavy atom. The maximum absolute atomic E-state index is 4.48. The summed E-state index contributed by atoms with van der Waals surface area (Å²) >= 11 is 0. The van der Waals surface area contributed by atoms with Gasteiger partial charge in [0, 0.05) is 0 Å². The van der Waals surface area contributed by atoms with Crippen LogP contribution in [-0.2, 0) is 0 Å². The standard InChI is InChI=1S/C44H86.C11H22.C2H6/c1-5-8-11-13-15-17-20-23-28-35-43(41-42(4)34-10-7-3)36-29-24-21-18-16-19-22-26-31-38-44(39-32-27-33-40-44)37-30-25-14-12-9-6-2;1-5-6-7-8-11(4)9-10(2)3;1-2/h43H,4-41H2,1-3H3;11H,2,5-9H2,1,3-4H3;1-2H3. The third-order valence-electron chi connectivity index (χ3n) is 13.5. The Hall–Kier alpha value is -0.520. The molecule has 1 rings (SSSR count). The molecule has 0 spiro atoms. The van der Waals surface area contributed by atoms with Gasteiger partial charge < -0.3 is 0 Å². The smallest absolute Gasteiger partial charge is 0.0294 e. The van der Waals surface area contributed by atoms with Crippen LogP contribution in [0.1, 0.15) is 325 Å². The summed E-state index contributed by atoms with van der Waals surface area (Å²) in [6.45, 7) is 26.1. The zero-order chi connectivity index (χ0) is 42.5. The molecule has 57 heavy (non-hydrogen) atoms. The van der Waals surface area contributed by atoms with E-state index >= 15 is 0 Å². The maximum Gasteiger partial charge on any atom is -0.0294 e. The fraction of sp³-hybridized carbons (Fsp3) is 0.930. The molecule has 0 aromatic heterocycles. The summed E-state index contributed by atoms with van der Waals surface area (Å²) in [7, 11) is 0. The van der Waals surface area contributed by atoms with E-state index in [1.165, 1.54) is 250 Å². The molecular weight excluding hydrogens is 685 g/mol. The van der Waals surface area contributed by atoms with Crippen molar-refractivity contribution in [3.05, 3.63) is 24.3 Å². The topological polar surface area (TPSA) is 0 Å². The zero-order valence-corrected chi connectivity index (χ0v) is 41.8. The first-order valence-electron chi connectivity index (χ1n) is 27.1. The third kappa shape index (κ3) is 42.0. The summed E-state index contributed by atoms with van der Waals surface area (Å²) in [5.41, 5.74) is 3.62. The van der Waals surface area contributed by atoms with Crippen LogP contribution in [0.15, 0.2) is 24.3 Å². The Morgan fingerprint density at radius 3 is 1.19 bits per heavy atom. The van der Waals surface area contributed by atoms with Crippen molar-refractivity contribution in [3.8, 4) is 0 Å².